The molecule has 21 heavy (non-hydrogen) atoms. The number of halogens is 3. The van der Waals surface area contributed by atoms with Crippen LogP contribution in [0.5, 0.6) is 0 Å². The molecule has 0 radical (unpaired) electrons. The zero-order valence-electron chi connectivity index (χ0n) is 12.1. The fourth-order valence-corrected chi connectivity index (χ4v) is 2.07. The van der Waals surface area contributed by atoms with Gasteiger partial charge in [0.1, 0.15) is 0 Å². The Kier molecular flexibility index (Phi) is 4.09. The molecule has 0 bridgehead atoms. The summed E-state index contributed by atoms with van der Waals surface area (Å²) in [5, 5.41) is 3.71. The van der Waals surface area contributed by atoms with Crippen molar-refractivity contribution in [3.8, 4) is 5.69 Å². The standard InChI is InChI=1S/C15H18F3N3/c1-9(2)13-8-14(15(16,17)18)20-21(13)12-6-4-11(5-7-12)10(3)19/h4-10H,19H2,1-3H3. The largest absolute Gasteiger partial charge is 0.435 e. The summed E-state index contributed by atoms with van der Waals surface area (Å²) in [5.74, 6) is -0.0679. The van der Waals surface area contributed by atoms with E-state index in [1.54, 1.807) is 24.3 Å². The number of alkyl halides is 3. The summed E-state index contributed by atoms with van der Waals surface area (Å²) in [6, 6.07) is 8.06. The molecule has 1 atom stereocenters. The van der Waals surface area contributed by atoms with Crippen LogP contribution < -0.4 is 5.73 Å². The Hall–Kier alpha value is -1.82. The Labute approximate surface area is 121 Å². The summed E-state index contributed by atoms with van der Waals surface area (Å²) in [6.07, 6.45) is -4.44. The molecule has 2 aromatic rings. The van der Waals surface area contributed by atoms with Gasteiger partial charge in [-0.15, -0.1) is 0 Å². The molecule has 1 aromatic heterocycles. The third kappa shape index (κ3) is 3.26. The van der Waals surface area contributed by atoms with E-state index in [1.807, 2.05) is 20.8 Å². The SMILES string of the molecule is CC(C)c1cc(C(F)(F)F)nn1-c1ccc(C(C)N)cc1. The summed E-state index contributed by atoms with van der Waals surface area (Å²) in [7, 11) is 0. The first-order chi connectivity index (χ1) is 9.70. The van der Waals surface area contributed by atoms with Gasteiger partial charge in [0.25, 0.3) is 0 Å². The second-order valence-corrected chi connectivity index (χ2v) is 5.40. The maximum Gasteiger partial charge on any atom is 0.435 e. The van der Waals surface area contributed by atoms with Crippen LogP contribution in [-0.2, 0) is 6.18 Å². The lowest BCUT2D eigenvalue weighted by molar-refractivity contribution is -0.141. The van der Waals surface area contributed by atoms with Gasteiger partial charge in [0.15, 0.2) is 5.69 Å². The maximum atomic E-state index is 12.8. The van der Waals surface area contributed by atoms with Gasteiger partial charge in [0, 0.05) is 11.7 Å². The minimum Gasteiger partial charge on any atom is -0.324 e. The van der Waals surface area contributed by atoms with Crippen LogP contribution in [0.15, 0.2) is 30.3 Å². The Balaban J connectivity index is 2.49. The van der Waals surface area contributed by atoms with Crippen molar-refractivity contribution >= 4 is 0 Å². The first kappa shape index (κ1) is 15.6. The molecule has 0 spiro atoms. The van der Waals surface area contributed by atoms with E-state index in [9.17, 15) is 13.2 Å². The van der Waals surface area contributed by atoms with E-state index in [1.165, 1.54) is 4.68 Å². The fraction of sp³-hybridized carbons (Fsp3) is 0.400. The normalized spacial score (nSPS) is 13.7. The van der Waals surface area contributed by atoms with Crippen molar-refractivity contribution < 1.29 is 13.2 Å². The summed E-state index contributed by atoms with van der Waals surface area (Å²) in [6.45, 7) is 5.53. The number of aromatic nitrogens is 2. The molecule has 2 rings (SSSR count). The zero-order chi connectivity index (χ0) is 15.8. The Bertz CT molecular complexity index is 610. The van der Waals surface area contributed by atoms with Crippen molar-refractivity contribution in [3.63, 3.8) is 0 Å². The lowest BCUT2D eigenvalue weighted by Gasteiger charge is -2.11. The van der Waals surface area contributed by atoms with Gasteiger partial charge in [-0.25, -0.2) is 4.68 Å². The second kappa shape index (κ2) is 5.52. The van der Waals surface area contributed by atoms with E-state index < -0.39 is 11.9 Å². The first-order valence-corrected chi connectivity index (χ1v) is 6.73. The number of rotatable bonds is 3. The maximum absolute atomic E-state index is 12.8. The van der Waals surface area contributed by atoms with Gasteiger partial charge in [0.05, 0.1) is 5.69 Å². The predicted octanol–water partition coefficient (Wildman–Crippen LogP) is 4.03. The highest BCUT2D eigenvalue weighted by Crippen LogP contribution is 2.31. The van der Waals surface area contributed by atoms with E-state index >= 15 is 0 Å². The van der Waals surface area contributed by atoms with Gasteiger partial charge in [-0.05, 0) is 36.6 Å². The minimum absolute atomic E-state index is 0.0679. The molecule has 1 unspecified atom stereocenters. The molecule has 0 fully saturated rings. The summed E-state index contributed by atoms with van der Waals surface area (Å²) < 4.78 is 39.9. The van der Waals surface area contributed by atoms with Crippen LogP contribution >= 0.6 is 0 Å². The van der Waals surface area contributed by atoms with E-state index in [-0.39, 0.29) is 12.0 Å². The molecular weight excluding hydrogens is 279 g/mol. The lowest BCUT2D eigenvalue weighted by atomic mass is 10.1. The van der Waals surface area contributed by atoms with Crippen molar-refractivity contribution in [1.29, 1.82) is 0 Å². The minimum atomic E-state index is -4.44. The molecule has 2 N–H and O–H groups in total. The average molecular weight is 297 g/mol. The lowest BCUT2D eigenvalue weighted by Crippen LogP contribution is -2.09. The van der Waals surface area contributed by atoms with Crippen LogP contribution in [0.4, 0.5) is 13.2 Å². The highest BCUT2D eigenvalue weighted by atomic mass is 19.4. The molecule has 1 heterocycles. The Morgan fingerprint density at radius 1 is 1.10 bits per heavy atom. The van der Waals surface area contributed by atoms with E-state index in [0.717, 1.165) is 11.6 Å². The van der Waals surface area contributed by atoms with Crippen molar-refractivity contribution in [2.24, 2.45) is 5.73 Å². The molecule has 6 heteroatoms. The average Bonchev–Trinajstić information content (AvgIpc) is 2.83. The van der Waals surface area contributed by atoms with Crippen molar-refractivity contribution in [3.05, 3.63) is 47.3 Å². The number of hydrogen-bond donors (Lipinski definition) is 1. The van der Waals surface area contributed by atoms with Crippen LogP contribution in [0.2, 0.25) is 0 Å². The van der Waals surface area contributed by atoms with E-state index in [0.29, 0.717) is 11.4 Å². The third-order valence-electron chi connectivity index (χ3n) is 3.28. The van der Waals surface area contributed by atoms with Gasteiger partial charge in [-0.2, -0.15) is 18.3 Å². The Morgan fingerprint density at radius 2 is 1.67 bits per heavy atom. The van der Waals surface area contributed by atoms with E-state index in [4.69, 9.17) is 5.73 Å². The van der Waals surface area contributed by atoms with Gasteiger partial charge >= 0.3 is 6.18 Å². The van der Waals surface area contributed by atoms with Gasteiger partial charge in [-0.3, -0.25) is 0 Å². The Morgan fingerprint density at radius 3 is 2.10 bits per heavy atom. The van der Waals surface area contributed by atoms with Crippen LogP contribution in [-0.4, -0.2) is 9.78 Å². The first-order valence-electron chi connectivity index (χ1n) is 6.73. The van der Waals surface area contributed by atoms with Crippen LogP contribution in [0.25, 0.3) is 5.69 Å². The molecule has 0 aliphatic carbocycles. The molecule has 0 aliphatic heterocycles. The van der Waals surface area contributed by atoms with Crippen LogP contribution in [0.1, 0.15) is 49.7 Å². The highest BCUT2D eigenvalue weighted by Gasteiger charge is 2.35. The number of hydrogen-bond acceptors (Lipinski definition) is 2. The van der Waals surface area contributed by atoms with Gasteiger partial charge in [0.2, 0.25) is 0 Å². The number of nitrogens with two attached hydrogens (primary N) is 1. The van der Waals surface area contributed by atoms with E-state index in [2.05, 4.69) is 5.10 Å². The van der Waals surface area contributed by atoms with Crippen LogP contribution in [0, 0.1) is 0 Å². The predicted molar refractivity (Wildman–Crippen MR) is 75.3 cm³/mol. The molecule has 0 amide bonds. The summed E-state index contributed by atoms with van der Waals surface area (Å²) in [4.78, 5) is 0. The molecule has 0 aliphatic rings. The highest BCUT2D eigenvalue weighted by molar-refractivity contribution is 5.38. The zero-order valence-corrected chi connectivity index (χ0v) is 12.1. The van der Waals surface area contributed by atoms with Gasteiger partial charge in [-0.1, -0.05) is 26.0 Å². The van der Waals surface area contributed by atoms with Crippen LogP contribution in [0.3, 0.4) is 0 Å². The van der Waals surface area contributed by atoms with Crippen molar-refractivity contribution in [2.75, 3.05) is 0 Å². The van der Waals surface area contributed by atoms with Crippen molar-refractivity contribution in [1.82, 2.24) is 9.78 Å². The number of nitrogens with zero attached hydrogens (tertiary/aromatic N) is 2. The fourth-order valence-electron chi connectivity index (χ4n) is 2.07. The summed E-state index contributed by atoms with van der Waals surface area (Å²) in [5.41, 5.74) is 6.94. The molecule has 1 aromatic carbocycles. The monoisotopic (exact) mass is 297 g/mol. The quantitative estimate of drug-likeness (QED) is 0.929. The molecular formula is C15H18F3N3. The van der Waals surface area contributed by atoms with Crippen molar-refractivity contribution in [2.45, 2.75) is 38.9 Å². The number of benzene rings is 1. The topological polar surface area (TPSA) is 43.8 Å². The smallest absolute Gasteiger partial charge is 0.324 e. The summed E-state index contributed by atoms with van der Waals surface area (Å²) >= 11 is 0. The second-order valence-electron chi connectivity index (χ2n) is 5.40. The third-order valence-corrected chi connectivity index (χ3v) is 3.28. The molecule has 114 valence electrons. The van der Waals surface area contributed by atoms with Gasteiger partial charge < -0.3 is 5.73 Å². The molecule has 0 saturated heterocycles. The molecule has 3 nitrogen and oxygen atoms in total. The molecule has 0 saturated carbocycles.